The molecule has 1 aliphatic heterocycles. The topological polar surface area (TPSA) is 59.6 Å². The normalized spacial score (nSPS) is 21.7. The van der Waals surface area contributed by atoms with Gasteiger partial charge in [-0.05, 0) is 50.4 Å². The second kappa shape index (κ2) is 7.31. The largest absolute Gasteiger partial charge is 0.497 e. The molecule has 0 saturated carbocycles. The molecule has 1 saturated heterocycles. The van der Waals surface area contributed by atoms with Crippen molar-refractivity contribution in [3.8, 4) is 11.5 Å². The smallest absolute Gasteiger partial charge is 0.237 e. The van der Waals surface area contributed by atoms with Gasteiger partial charge < -0.3 is 20.1 Å². The van der Waals surface area contributed by atoms with Gasteiger partial charge in [0.2, 0.25) is 5.91 Å². The van der Waals surface area contributed by atoms with Crippen LogP contribution in [0.5, 0.6) is 11.5 Å². The van der Waals surface area contributed by atoms with Crippen molar-refractivity contribution in [2.24, 2.45) is 0 Å². The molecule has 0 radical (unpaired) electrons. The summed E-state index contributed by atoms with van der Waals surface area (Å²) in [5.41, 5.74) is 1.12. The number of hydrogen-bond acceptors (Lipinski definition) is 4. The molecule has 1 aromatic rings. The minimum Gasteiger partial charge on any atom is -0.497 e. The van der Waals surface area contributed by atoms with Gasteiger partial charge in [0.25, 0.3) is 0 Å². The van der Waals surface area contributed by atoms with Gasteiger partial charge >= 0.3 is 0 Å². The number of nitrogens with one attached hydrogen (secondary N) is 2. The molecule has 1 aliphatic rings. The van der Waals surface area contributed by atoms with Crippen molar-refractivity contribution in [3.63, 3.8) is 0 Å². The van der Waals surface area contributed by atoms with Gasteiger partial charge in [-0.1, -0.05) is 0 Å². The van der Waals surface area contributed by atoms with E-state index in [2.05, 4.69) is 10.6 Å². The molecule has 0 spiro atoms. The summed E-state index contributed by atoms with van der Waals surface area (Å²) in [5.74, 6) is 2.05. The second-order valence-corrected chi connectivity index (χ2v) is 5.23. The van der Waals surface area contributed by atoms with Gasteiger partial charge in [-0.2, -0.15) is 0 Å². The van der Waals surface area contributed by atoms with E-state index in [1.165, 1.54) is 0 Å². The molecule has 5 nitrogen and oxygen atoms in total. The Morgan fingerprint density at radius 2 is 2.19 bits per heavy atom. The molecule has 0 aliphatic carbocycles. The van der Waals surface area contributed by atoms with Crippen LogP contribution in [0.2, 0.25) is 0 Å². The molecule has 1 heterocycles. The summed E-state index contributed by atoms with van der Waals surface area (Å²) < 4.78 is 10.8. The third kappa shape index (κ3) is 3.67. The molecule has 1 aromatic carbocycles. The summed E-state index contributed by atoms with van der Waals surface area (Å²) >= 11 is 0. The van der Waals surface area contributed by atoms with Gasteiger partial charge in [0.15, 0.2) is 0 Å². The summed E-state index contributed by atoms with van der Waals surface area (Å²) in [6, 6.07) is 5.70. The Balaban J connectivity index is 2.18. The molecule has 5 heteroatoms. The van der Waals surface area contributed by atoms with Crippen molar-refractivity contribution in [2.75, 3.05) is 27.3 Å². The zero-order valence-corrected chi connectivity index (χ0v) is 12.9. The third-order valence-electron chi connectivity index (χ3n) is 3.95. The number of carbonyl (C=O) groups excluding carboxylic acids is 1. The Bertz CT molecular complexity index is 490. The van der Waals surface area contributed by atoms with E-state index < -0.39 is 0 Å². The highest BCUT2D eigenvalue weighted by Gasteiger charge is 2.29. The predicted octanol–water partition coefficient (Wildman–Crippen LogP) is 1.68. The van der Waals surface area contributed by atoms with Crippen LogP contribution in [0.15, 0.2) is 18.2 Å². The molecule has 21 heavy (non-hydrogen) atoms. The quantitative estimate of drug-likeness (QED) is 0.867. The minimum absolute atomic E-state index is 0.0732. The summed E-state index contributed by atoms with van der Waals surface area (Å²) in [4.78, 5) is 12.0. The predicted molar refractivity (Wildman–Crippen MR) is 82.0 cm³/mol. The summed E-state index contributed by atoms with van der Waals surface area (Å²) in [5, 5.41) is 6.17. The van der Waals surface area contributed by atoms with Crippen molar-refractivity contribution < 1.29 is 14.3 Å². The van der Waals surface area contributed by atoms with E-state index in [1.807, 2.05) is 25.1 Å². The van der Waals surface area contributed by atoms with Gasteiger partial charge in [0.05, 0.1) is 20.3 Å². The highest BCUT2D eigenvalue weighted by molar-refractivity contribution is 5.81. The fraction of sp³-hybridized carbons (Fsp3) is 0.562. The molecule has 2 unspecified atom stereocenters. The van der Waals surface area contributed by atoms with Crippen molar-refractivity contribution in [2.45, 2.75) is 31.7 Å². The van der Waals surface area contributed by atoms with Crippen molar-refractivity contribution in [3.05, 3.63) is 23.8 Å². The molecule has 116 valence electrons. The lowest BCUT2D eigenvalue weighted by atomic mass is 9.85. The maximum atomic E-state index is 12.0. The number of piperidine rings is 1. The Morgan fingerprint density at radius 1 is 1.38 bits per heavy atom. The Labute approximate surface area is 126 Å². The molecule has 2 N–H and O–H groups in total. The van der Waals surface area contributed by atoms with E-state index in [4.69, 9.17) is 9.47 Å². The van der Waals surface area contributed by atoms with Crippen molar-refractivity contribution in [1.82, 2.24) is 10.6 Å². The SMILES string of the molecule is CCNC(=O)C1CC(c2cc(OC)ccc2OC)CCN1. The van der Waals surface area contributed by atoms with Crippen LogP contribution in [-0.2, 0) is 4.79 Å². The number of ether oxygens (including phenoxy) is 2. The minimum atomic E-state index is -0.139. The third-order valence-corrected chi connectivity index (χ3v) is 3.95. The van der Waals surface area contributed by atoms with Crippen LogP contribution in [0.1, 0.15) is 31.2 Å². The monoisotopic (exact) mass is 292 g/mol. The fourth-order valence-electron chi connectivity index (χ4n) is 2.86. The molecule has 2 atom stereocenters. The molecule has 1 amide bonds. The van der Waals surface area contributed by atoms with Crippen molar-refractivity contribution >= 4 is 5.91 Å². The van der Waals surface area contributed by atoms with Gasteiger partial charge in [0.1, 0.15) is 11.5 Å². The Hall–Kier alpha value is -1.75. The number of rotatable bonds is 5. The standard InChI is InChI=1S/C16H24N2O3/c1-4-17-16(19)14-9-11(7-8-18-14)13-10-12(20-2)5-6-15(13)21-3/h5-6,10-11,14,18H,4,7-9H2,1-3H3,(H,17,19). The van der Waals surface area contributed by atoms with Crippen LogP contribution < -0.4 is 20.1 Å². The van der Waals surface area contributed by atoms with E-state index in [0.717, 1.165) is 36.4 Å². The van der Waals surface area contributed by atoms with Crippen LogP contribution in [0.3, 0.4) is 0 Å². The van der Waals surface area contributed by atoms with Crippen LogP contribution in [0.4, 0.5) is 0 Å². The van der Waals surface area contributed by atoms with Gasteiger partial charge in [-0.3, -0.25) is 4.79 Å². The van der Waals surface area contributed by atoms with Crippen LogP contribution in [0, 0.1) is 0 Å². The van der Waals surface area contributed by atoms with Gasteiger partial charge in [-0.15, -0.1) is 0 Å². The number of amides is 1. The fourth-order valence-corrected chi connectivity index (χ4v) is 2.86. The number of benzene rings is 1. The summed E-state index contributed by atoms with van der Waals surface area (Å²) in [6.07, 6.45) is 1.76. The first-order valence-electron chi connectivity index (χ1n) is 7.42. The molecule has 2 rings (SSSR count). The lowest BCUT2D eigenvalue weighted by Crippen LogP contribution is -2.48. The highest BCUT2D eigenvalue weighted by atomic mass is 16.5. The number of methoxy groups -OCH3 is 2. The second-order valence-electron chi connectivity index (χ2n) is 5.23. The van der Waals surface area contributed by atoms with E-state index >= 15 is 0 Å². The zero-order chi connectivity index (χ0) is 15.2. The van der Waals surface area contributed by atoms with Crippen molar-refractivity contribution in [1.29, 1.82) is 0 Å². The maximum absolute atomic E-state index is 12.0. The Morgan fingerprint density at radius 3 is 2.86 bits per heavy atom. The van der Waals surface area contributed by atoms with Gasteiger partial charge in [0, 0.05) is 12.1 Å². The summed E-state index contributed by atoms with van der Waals surface area (Å²) in [6.45, 7) is 3.42. The lowest BCUT2D eigenvalue weighted by molar-refractivity contribution is -0.123. The zero-order valence-electron chi connectivity index (χ0n) is 12.9. The van der Waals surface area contributed by atoms with E-state index in [-0.39, 0.29) is 11.9 Å². The molecule has 0 bridgehead atoms. The van der Waals surface area contributed by atoms with Gasteiger partial charge in [-0.25, -0.2) is 0 Å². The number of carbonyl (C=O) groups is 1. The average molecular weight is 292 g/mol. The Kier molecular flexibility index (Phi) is 5.44. The maximum Gasteiger partial charge on any atom is 0.237 e. The van der Waals surface area contributed by atoms with E-state index in [0.29, 0.717) is 12.5 Å². The first-order chi connectivity index (χ1) is 10.2. The number of hydrogen-bond donors (Lipinski definition) is 2. The highest BCUT2D eigenvalue weighted by Crippen LogP contribution is 2.36. The van der Waals surface area contributed by atoms with Crippen LogP contribution in [-0.4, -0.2) is 39.3 Å². The first-order valence-corrected chi connectivity index (χ1v) is 7.42. The molecular formula is C16H24N2O3. The van der Waals surface area contributed by atoms with E-state index in [9.17, 15) is 4.79 Å². The number of likely N-dealkylation sites (N-methyl/N-ethyl adjacent to an activating group) is 1. The van der Waals surface area contributed by atoms with Crippen LogP contribution in [0.25, 0.3) is 0 Å². The summed E-state index contributed by atoms with van der Waals surface area (Å²) in [7, 11) is 3.33. The first kappa shape index (κ1) is 15.6. The molecule has 0 aromatic heterocycles. The molecule has 1 fully saturated rings. The van der Waals surface area contributed by atoms with E-state index in [1.54, 1.807) is 14.2 Å². The lowest BCUT2D eigenvalue weighted by Gasteiger charge is -2.30. The average Bonchev–Trinajstić information content (AvgIpc) is 2.54. The molecular weight excluding hydrogens is 268 g/mol. The van der Waals surface area contributed by atoms with Crippen LogP contribution >= 0.6 is 0 Å².